The lowest BCUT2D eigenvalue weighted by atomic mass is 9.88. The molecule has 6 rings (SSSR count). The van der Waals surface area contributed by atoms with Gasteiger partial charge < -0.3 is 10.3 Å². The minimum absolute atomic E-state index is 0.161. The second-order valence-electron chi connectivity index (χ2n) is 10.1. The van der Waals surface area contributed by atoms with Gasteiger partial charge in [-0.3, -0.25) is 14.5 Å². The number of unbranched alkanes of at least 4 members (excludes halogenated alkanes) is 1. The van der Waals surface area contributed by atoms with Gasteiger partial charge in [0.2, 0.25) is 0 Å². The van der Waals surface area contributed by atoms with E-state index in [1.54, 1.807) is 29.2 Å². The zero-order chi connectivity index (χ0) is 26.4. The number of amides is 4. The van der Waals surface area contributed by atoms with Crippen LogP contribution in [0, 0.1) is 6.92 Å². The molecule has 4 aromatic rings. The summed E-state index contributed by atoms with van der Waals surface area (Å²) in [7, 11) is 0. The molecule has 1 saturated heterocycles. The number of nitrogens with one attached hydrogen (secondary N) is 2. The summed E-state index contributed by atoms with van der Waals surface area (Å²) >= 11 is 0. The molecule has 0 saturated carbocycles. The number of nitrogens with zero attached hydrogens (tertiary/aromatic N) is 2. The van der Waals surface area contributed by atoms with Gasteiger partial charge >= 0.3 is 6.03 Å². The van der Waals surface area contributed by atoms with Crippen molar-refractivity contribution in [2.24, 2.45) is 0 Å². The van der Waals surface area contributed by atoms with Gasteiger partial charge in [0.05, 0.1) is 5.69 Å². The van der Waals surface area contributed by atoms with E-state index in [4.69, 9.17) is 0 Å². The van der Waals surface area contributed by atoms with Gasteiger partial charge in [0.25, 0.3) is 11.8 Å². The van der Waals surface area contributed by atoms with E-state index in [9.17, 15) is 14.4 Å². The van der Waals surface area contributed by atoms with E-state index >= 15 is 0 Å². The number of aromatic nitrogens is 1. The van der Waals surface area contributed by atoms with E-state index in [1.165, 1.54) is 4.90 Å². The van der Waals surface area contributed by atoms with Gasteiger partial charge in [-0.15, -0.1) is 0 Å². The van der Waals surface area contributed by atoms with Gasteiger partial charge in [0, 0.05) is 35.1 Å². The average molecular weight is 507 g/mol. The van der Waals surface area contributed by atoms with Crippen LogP contribution < -0.4 is 10.2 Å². The smallest absolute Gasteiger partial charge is 0.332 e. The molecule has 1 aromatic heterocycles. The molecule has 38 heavy (non-hydrogen) atoms. The third-order valence-corrected chi connectivity index (χ3v) is 7.65. The van der Waals surface area contributed by atoms with Crippen LogP contribution in [0.25, 0.3) is 10.9 Å². The fourth-order valence-electron chi connectivity index (χ4n) is 5.65. The van der Waals surface area contributed by atoms with Crippen LogP contribution in [0.1, 0.15) is 58.5 Å². The molecule has 0 spiro atoms. The third kappa shape index (κ3) is 3.86. The number of fused-ring (bicyclic) bond motifs is 4. The van der Waals surface area contributed by atoms with Gasteiger partial charge in [-0.05, 0) is 54.8 Å². The molecule has 0 aliphatic carbocycles. The maximum absolute atomic E-state index is 14.0. The number of carbonyl (C=O) groups is 3. The minimum atomic E-state index is -0.613. The summed E-state index contributed by atoms with van der Waals surface area (Å²) in [6.45, 7) is 4.72. The maximum Gasteiger partial charge on any atom is 0.332 e. The molecule has 4 amide bonds. The van der Waals surface area contributed by atoms with Gasteiger partial charge in [-0.25, -0.2) is 9.69 Å². The third-order valence-electron chi connectivity index (χ3n) is 7.65. The molecule has 7 nitrogen and oxygen atoms in total. The standard InChI is InChI=1S/C31H30N4O3/c1-3-4-17-32-29(36)21-13-15-22(16-14-21)34-30(37)26-18-24-23-7-5-6-8-25(23)33-27(24)28(35(26)31(34)38)20-11-9-19(2)10-12-20/h5-16,26,28,33H,3-4,17-18H2,1-2H3,(H,32,36)/t26-,28-/m0/s1. The molecule has 7 heteroatoms. The summed E-state index contributed by atoms with van der Waals surface area (Å²) < 4.78 is 0. The van der Waals surface area contributed by atoms with Gasteiger partial charge in [-0.1, -0.05) is 61.4 Å². The zero-order valence-electron chi connectivity index (χ0n) is 21.5. The van der Waals surface area contributed by atoms with Crippen LogP contribution in [0.2, 0.25) is 0 Å². The number of aromatic amines is 1. The highest BCUT2D eigenvalue weighted by Crippen LogP contribution is 2.44. The fraction of sp³-hybridized carbons (Fsp3) is 0.258. The molecule has 0 radical (unpaired) electrons. The van der Waals surface area contributed by atoms with Crippen LogP contribution in [-0.4, -0.2) is 40.3 Å². The van der Waals surface area contributed by atoms with Gasteiger partial charge in [0.15, 0.2) is 0 Å². The predicted octanol–water partition coefficient (Wildman–Crippen LogP) is 5.49. The first-order valence-corrected chi connectivity index (χ1v) is 13.2. The number of H-pyrrole nitrogens is 1. The molecule has 2 atom stereocenters. The Kier molecular flexibility index (Phi) is 5.98. The van der Waals surface area contributed by atoms with Crippen molar-refractivity contribution in [2.45, 2.75) is 45.2 Å². The van der Waals surface area contributed by atoms with Crippen molar-refractivity contribution in [3.05, 3.63) is 101 Å². The predicted molar refractivity (Wildman–Crippen MR) is 147 cm³/mol. The highest BCUT2D eigenvalue weighted by molar-refractivity contribution is 6.22. The number of imide groups is 1. The first-order chi connectivity index (χ1) is 18.5. The lowest BCUT2D eigenvalue weighted by Crippen LogP contribution is -2.44. The number of benzene rings is 3. The fourth-order valence-corrected chi connectivity index (χ4v) is 5.65. The molecule has 0 bridgehead atoms. The van der Waals surface area contributed by atoms with Crippen LogP contribution in [0.3, 0.4) is 0 Å². The number of aryl methyl sites for hydroxylation is 1. The lowest BCUT2D eigenvalue weighted by molar-refractivity contribution is -0.120. The van der Waals surface area contributed by atoms with E-state index < -0.39 is 12.1 Å². The summed E-state index contributed by atoms with van der Waals surface area (Å²) in [6.07, 6.45) is 2.36. The van der Waals surface area contributed by atoms with Gasteiger partial charge in [0.1, 0.15) is 12.1 Å². The van der Waals surface area contributed by atoms with E-state index in [2.05, 4.69) is 23.3 Å². The van der Waals surface area contributed by atoms with Crippen LogP contribution in [0.5, 0.6) is 0 Å². The lowest BCUT2D eigenvalue weighted by Gasteiger charge is -2.36. The summed E-state index contributed by atoms with van der Waals surface area (Å²) in [5.74, 6) is -0.408. The molecular formula is C31H30N4O3. The highest BCUT2D eigenvalue weighted by Gasteiger charge is 2.53. The average Bonchev–Trinajstić information content (AvgIpc) is 3.42. The first kappa shape index (κ1) is 24.0. The summed E-state index contributed by atoms with van der Waals surface area (Å²) in [5, 5.41) is 3.98. The van der Waals surface area contributed by atoms with Crippen LogP contribution >= 0.6 is 0 Å². The normalized spacial score (nSPS) is 18.6. The molecule has 0 unspecified atom stereocenters. The maximum atomic E-state index is 14.0. The van der Waals surface area contributed by atoms with Crippen LogP contribution in [0.15, 0.2) is 72.8 Å². The van der Waals surface area contributed by atoms with Crippen LogP contribution in [-0.2, 0) is 11.2 Å². The Bertz CT molecular complexity index is 1540. The number of rotatable bonds is 6. The Morgan fingerprint density at radius 3 is 2.47 bits per heavy atom. The largest absolute Gasteiger partial charge is 0.356 e. The minimum Gasteiger partial charge on any atom is -0.356 e. The zero-order valence-corrected chi connectivity index (χ0v) is 21.5. The summed E-state index contributed by atoms with van der Waals surface area (Å²) in [5.41, 5.74) is 6.08. The quantitative estimate of drug-likeness (QED) is 0.268. The molecule has 3 heterocycles. The monoisotopic (exact) mass is 506 g/mol. The summed E-state index contributed by atoms with van der Waals surface area (Å²) in [6, 6.07) is 21.5. The van der Waals surface area contributed by atoms with Crippen molar-refractivity contribution >= 4 is 34.4 Å². The molecule has 2 N–H and O–H groups in total. The highest BCUT2D eigenvalue weighted by atomic mass is 16.2. The van der Waals surface area contributed by atoms with Crippen molar-refractivity contribution in [2.75, 3.05) is 11.4 Å². The molecule has 192 valence electrons. The van der Waals surface area contributed by atoms with E-state index in [-0.39, 0.29) is 17.8 Å². The van der Waals surface area contributed by atoms with Crippen molar-refractivity contribution < 1.29 is 14.4 Å². The first-order valence-electron chi connectivity index (χ1n) is 13.2. The van der Waals surface area contributed by atoms with Gasteiger partial charge in [-0.2, -0.15) is 0 Å². The number of hydrogen-bond acceptors (Lipinski definition) is 3. The Morgan fingerprint density at radius 1 is 1.00 bits per heavy atom. The topological polar surface area (TPSA) is 85.5 Å². The van der Waals surface area contributed by atoms with E-state index in [1.807, 2.05) is 49.4 Å². The van der Waals surface area contributed by atoms with Crippen molar-refractivity contribution in [3.8, 4) is 0 Å². The Morgan fingerprint density at radius 2 is 1.74 bits per heavy atom. The van der Waals surface area contributed by atoms with Crippen LogP contribution in [0.4, 0.5) is 10.5 Å². The SMILES string of the molecule is CCCCNC(=O)c1ccc(N2C(=O)[C@@H]3Cc4c([nH]c5ccccc45)[C@H](c4ccc(C)cc4)N3C2=O)cc1. The second kappa shape index (κ2) is 9.49. The Balaban J connectivity index is 1.37. The number of anilines is 1. The van der Waals surface area contributed by atoms with Crippen molar-refractivity contribution in [1.82, 2.24) is 15.2 Å². The Labute approximate surface area is 221 Å². The van der Waals surface area contributed by atoms with Crippen molar-refractivity contribution in [3.63, 3.8) is 0 Å². The second-order valence-corrected chi connectivity index (χ2v) is 10.1. The number of urea groups is 1. The number of carbonyl (C=O) groups excluding carboxylic acids is 3. The van der Waals surface area contributed by atoms with Crippen molar-refractivity contribution in [1.29, 1.82) is 0 Å². The molecule has 1 fully saturated rings. The summed E-state index contributed by atoms with van der Waals surface area (Å²) in [4.78, 5) is 46.8. The van der Waals surface area contributed by atoms with E-state index in [0.717, 1.165) is 46.1 Å². The molecule has 3 aromatic carbocycles. The molecule has 2 aliphatic heterocycles. The number of para-hydroxylation sites is 1. The van der Waals surface area contributed by atoms with E-state index in [0.29, 0.717) is 24.2 Å². The molecular weight excluding hydrogens is 476 g/mol. The Hall–Kier alpha value is -4.39. The number of hydrogen-bond donors (Lipinski definition) is 2. The molecule has 2 aliphatic rings.